The molecule has 94 valence electrons. The Balaban J connectivity index is 1.83. The summed E-state index contributed by atoms with van der Waals surface area (Å²) in [4.78, 5) is 15.9. The van der Waals surface area contributed by atoms with Gasteiger partial charge in [0.1, 0.15) is 5.69 Å². The number of hydrogen-bond donors (Lipinski definition) is 3. The van der Waals surface area contributed by atoms with Crippen molar-refractivity contribution in [2.45, 2.75) is 0 Å². The molecule has 0 aliphatic carbocycles. The highest BCUT2D eigenvalue weighted by molar-refractivity contribution is 6.03. The summed E-state index contributed by atoms with van der Waals surface area (Å²) >= 11 is 0. The van der Waals surface area contributed by atoms with Gasteiger partial charge in [-0.15, -0.1) is 0 Å². The molecule has 0 bridgehead atoms. The van der Waals surface area contributed by atoms with E-state index >= 15 is 0 Å². The van der Waals surface area contributed by atoms with Gasteiger partial charge in [0.15, 0.2) is 0 Å². The molecule has 0 saturated carbocycles. The molecule has 0 aliphatic heterocycles. The molecule has 2 aromatic heterocycles. The lowest BCUT2D eigenvalue weighted by Crippen LogP contribution is -2.13. The number of H-pyrrole nitrogens is 1. The van der Waals surface area contributed by atoms with Crippen LogP contribution in [0.5, 0.6) is 0 Å². The van der Waals surface area contributed by atoms with Crippen LogP contribution in [0.3, 0.4) is 0 Å². The molecule has 0 unspecified atom stereocenters. The van der Waals surface area contributed by atoms with E-state index < -0.39 is 0 Å². The van der Waals surface area contributed by atoms with Gasteiger partial charge in [-0.1, -0.05) is 0 Å². The summed E-state index contributed by atoms with van der Waals surface area (Å²) in [6, 6.07) is 8.73. The summed E-state index contributed by atoms with van der Waals surface area (Å²) in [7, 11) is 0. The zero-order chi connectivity index (χ0) is 13.2. The predicted molar refractivity (Wildman–Crippen MR) is 72.7 cm³/mol. The number of carbonyl (C=O) groups excluding carboxylic acids is 1. The largest absolute Gasteiger partial charge is 0.397 e. The predicted octanol–water partition coefficient (Wildman–Crippen LogP) is 1.79. The molecule has 0 atom stereocenters. The Hall–Kier alpha value is -2.89. The van der Waals surface area contributed by atoms with Crippen molar-refractivity contribution in [3.8, 4) is 0 Å². The lowest BCUT2D eigenvalue weighted by molar-refractivity contribution is 0.102. The molecule has 3 aromatic rings. The lowest BCUT2D eigenvalue weighted by Gasteiger charge is -2.04. The van der Waals surface area contributed by atoms with Crippen LogP contribution in [0.1, 0.15) is 10.5 Å². The Kier molecular flexibility index (Phi) is 2.60. The zero-order valence-electron chi connectivity index (χ0n) is 9.92. The summed E-state index contributed by atoms with van der Waals surface area (Å²) in [5, 5.41) is 10.5. The van der Waals surface area contributed by atoms with E-state index in [0.717, 1.165) is 10.9 Å². The van der Waals surface area contributed by atoms with Gasteiger partial charge in [0, 0.05) is 11.1 Å². The summed E-state index contributed by atoms with van der Waals surface area (Å²) in [6.45, 7) is 0. The van der Waals surface area contributed by atoms with E-state index in [-0.39, 0.29) is 5.91 Å². The number of anilines is 2. The van der Waals surface area contributed by atoms with Gasteiger partial charge in [-0.25, -0.2) is 4.98 Å². The number of benzene rings is 1. The van der Waals surface area contributed by atoms with E-state index in [2.05, 4.69) is 20.5 Å². The van der Waals surface area contributed by atoms with E-state index in [1.807, 2.05) is 18.2 Å². The molecular formula is C13H11N5O. The van der Waals surface area contributed by atoms with Crippen LogP contribution < -0.4 is 11.1 Å². The maximum absolute atomic E-state index is 12.0. The molecule has 4 N–H and O–H groups in total. The summed E-state index contributed by atoms with van der Waals surface area (Å²) in [5.41, 5.74) is 7.91. The second-order valence-corrected chi connectivity index (χ2v) is 4.10. The third-order valence-corrected chi connectivity index (χ3v) is 2.72. The van der Waals surface area contributed by atoms with Gasteiger partial charge in [-0.05, 0) is 30.3 Å². The number of aromatic amines is 1. The van der Waals surface area contributed by atoms with Crippen molar-refractivity contribution >= 4 is 28.2 Å². The van der Waals surface area contributed by atoms with Crippen molar-refractivity contribution < 1.29 is 4.79 Å². The van der Waals surface area contributed by atoms with Gasteiger partial charge in [0.2, 0.25) is 0 Å². The summed E-state index contributed by atoms with van der Waals surface area (Å²) in [6.07, 6.45) is 3.18. The third-order valence-electron chi connectivity index (χ3n) is 2.72. The highest BCUT2D eigenvalue weighted by Gasteiger charge is 2.07. The smallest absolute Gasteiger partial charge is 0.274 e. The molecule has 1 amide bonds. The number of nitrogens with one attached hydrogen (secondary N) is 2. The normalized spacial score (nSPS) is 10.5. The Labute approximate surface area is 108 Å². The fourth-order valence-corrected chi connectivity index (χ4v) is 1.75. The topological polar surface area (TPSA) is 96.7 Å². The number of nitrogens with zero attached hydrogens (tertiary/aromatic N) is 2. The van der Waals surface area contributed by atoms with Crippen molar-refractivity contribution in [3.63, 3.8) is 0 Å². The fourth-order valence-electron chi connectivity index (χ4n) is 1.75. The number of nitrogens with two attached hydrogens (primary N) is 1. The molecule has 0 aliphatic rings. The molecule has 6 nitrogen and oxygen atoms in total. The highest BCUT2D eigenvalue weighted by Crippen LogP contribution is 2.17. The number of pyridine rings is 1. The van der Waals surface area contributed by atoms with E-state index in [1.165, 1.54) is 6.20 Å². The first-order chi connectivity index (χ1) is 9.22. The van der Waals surface area contributed by atoms with Crippen LogP contribution in [0.15, 0.2) is 42.7 Å². The van der Waals surface area contributed by atoms with Crippen molar-refractivity contribution in [3.05, 3.63) is 48.4 Å². The van der Waals surface area contributed by atoms with Gasteiger partial charge in [0.05, 0.1) is 23.6 Å². The van der Waals surface area contributed by atoms with Crippen LogP contribution in [0.25, 0.3) is 10.9 Å². The van der Waals surface area contributed by atoms with Gasteiger partial charge in [-0.3, -0.25) is 9.89 Å². The molecule has 0 radical (unpaired) electrons. The van der Waals surface area contributed by atoms with Crippen LogP contribution >= 0.6 is 0 Å². The minimum atomic E-state index is -0.279. The van der Waals surface area contributed by atoms with Crippen LogP contribution in [0, 0.1) is 0 Å². The van der Waals surface area contributed by atoms with Gasteiger partial charge >= 0.3 is 0 Å². The molecule has 3 rings (SSSR count). The van der Waals surface area contributed by atoms with Crippen molar-refractivity contribution in [2.24, 2.45) is 0 Å². The van der Waals surface area contributed by atoms with E-state index in [0.29, 0.717) is 17.1 Å². The average molecular weight is 253 g/mol. The number of rotatable bonds is 2. The molecule has 0 spiro atoms. The second-order valence-electron chi connectivity index (χ2n) is 4.10. The molecule has 1 aromatic carbocycles. The number of nitrogen functional groups attached to an aromatic ring is 1. The van der Waals surface area contributed by atoms with Crippen LogP contribution in [-0.4, -0.2) is 21.1 Å². The SMILES string of the molecule is Nc1ccc(C(=O)Nc2ccc3cn[nH]c3c2)nc1. The number of hydrogen-bond acceptors (Lipinski definition) is 4. The monoisotopic (exact) mass is 253 g/mol. The first-order valence-corrected chi connectivity index (χ1v) is 5.68. The first-order valence-electron chi connectivity index (χ1n) is 5.68. The molecule has 0 fully saturated rings. The van der Waals surface area contributed by atoms with Gasteiger partial charge in [-0.2, -0.15) is 5.10 Å². The van der Waals surface area contributed by atoms with Crippen molar-refractivity contribution in [1.82, 2.24) is 15.2 Å². The van der Waals surface area contributed by atoms with Crippen LogP contribution in [-0.2, 0) is 0 Å². The minimum absolute atomic E-state index is 0.279. The molecule has 0 saturated heterocycles. The Bertz CT molecular complexity index is 732. The fraction of sp³-hybridized carbons (Fsp3) is 0. The molecule has 6 heteroatoms. The number of fused-ring (bicyclic) bond motifs is 1. The maximum Gasteiger partial charge on any atom is 0.274 e. The van der Waals surface area contributed by atoms with Crippen LogP contribution in [0.2, 0.25) is 0 Å². The van der Waals surface area contributed by atoms with Crippen molar-refractivity contribution in [1.29, 1.82) is 0 Å². The Morgan fingerprint density at radius 1 is 1.21 bits per heavy atom. The highest BCUT2D eigenvalue weighted by atomic mass is 16.1. The number of amides is 1. The molecular weight excluding hydrogens is 242 g/mol. The second kappa shape index (κ2) is 4.41. The van der Waals surface area contributed by atoms with E-state index in [9.17, 15) is 4.79 Å². The first kappa shape index (κ1) is 11.2. The quantitative estimate of drug-likeness (QED) is 0.648. The minimum Gasteiger partial charge on any atom is -0.397 e. The molecule has 2 heterocycles. The van der Waals surface area contributed by atoms with E-state index in [4.69, 9.17) is 5.73 Å². The maximum atomic E-state index is 12.0. The molecule has 19 heavy (non-hydrogen) atoms. The Morgan fingerprint density at radius 2 is 2.11 bits per heavy atom. The lowest BCUT2D eigenvalue weighted by atomic mass is 10.2. The van der Waals surface area contributed by atoms with Gasteiger partial charge in [0.25, 0.3) is 5.91 Å². The van der Waals surface area contributed by atoms with E-state index in [1.54, 1.807) is 18.3 Å². The zero-order valence-corrected chi connectivity index (χ0v) is 9.92. The average Bonchev–Trinajstić information content (AvgIpc) is 2.87. The summed E-state index contributed by atoms with van der Waals surface area (Å²) in [5.74, 6) is -0.279. The standard InChI is InChI=1S/C13H11N5O/c14-9-2-4-11(15-7-9)13(19)17-10-3-1-8-6-16-18-12(8)5-10/h1-7H,14H2,(H,16,18)(H,17,19). The summed E-state index contributed by atoms with van der Waals surface area (Å²) < 4.78 is 0. The Morgan fingerprint density at radius 3 is 2.89 bits per heavy atom. The third kappa shape index (κ3) is 2.23. The van der Waals surface area contributed by atoms with Gasteiger partial charge < -0.3 is 11.1 Å². The number of carbonyl (C=O) groups is 1. The van der Waals surface area contributed by atoms with Crippen LogP contribution in [0.4, 0.5) is 11.4 Å². The number of aromatic nitrogens is 3. The van der Waals surface area contributed by atoms with Crippen molar-refractivity contribution in [2.75, 3.05) is 11.1 Å².